The molecule has 2 N–H and O–H groups in total. The van der Waals surface area contributed by atoms with E-state index in [9.17, 15) is 10.1 Å². The lowest BCUT2D eigenvalue weighted by atomic mass is 10.1. The molecule has 1 heterocycles. The average molecular weight is 314 g/mol. The lowest BCUT2D eigenvalue weighted by Crippen LogP contribution is -2.24. The van der Waals surface area contributed by atoms with Crippen LogP contribution in [0.3, 0.4) is 0 Å². The highest BCUT2D eigenvalue weighted by Gasteiger charge is 2.13. The highest BCUT2D eigenvalue weighted by atomic mass is 79.9. The van der Waals surface area contributed by atoms with Gasteiger partial charge in [-0.05, 0) is 47.8 Å². The summed E-state index contributed by atoms with van der Waals surface area (Å²) >= 11 is 3.35. The summed E-state index contributed by atoms with van der Waals surface area (Å²) in [5, 5.41) is 17.3. The van der Waals surface area contributed by atoms with Gasteiger partial charge in [0, 0.05) is 34.9 Å². The first-order valence-electron chi connectivity index (χ1n) is 6.08. The Kier molecular flexibility index (Phi) is 4.54. The van der Waals surface area contributed by atoms with Gasteiger partial charge in [-0.3, -0.25) is 10.1 Å². The number of anilines is 1. The first-order chi connectivity index (χ1) is 8.66. The first kappa shape index (κ1) is 13.3. The molecular weight excluding hydrogens is 298 g/mol. The third kappa shape index (κ3) is 3.43. The second-order valence-corrected chi connectivity index (χ2v) is 5.28. The summed E-state index contributed by atoms with van der Waals surface area (Å²) in [4.78, 5) is 10.2. The molecule has 0 bridgehead atoms. The highest BCUT2D eigenvalue weighted by Crippen LogP contribution is 2.27. The number of benzene rings is 1. The monoisotopic (exact) mass is 313 g/mol. The molecule has 0 saturated carbocycles. The van der Waals surface area contributed by atoms with E-state index in [-0.39, 0.29) is 5.69 Å². The molecule has 0 unspecified atom stereocenters. The molecule has 2 rings (SSSR count). The molecular formula is C12H16BrN3O2. The Morgan fingerprint density at radius 1 is 1.56 bits per heavy atom. The molecule has 1 saturated heterocycles. The summed E-state index contributed by atoms with van der Waals surface area (Å²) in [6.07, 6.45) is 3.57. The second-order valence-electron chi connectivity index (χ2n) is 4.43. The van der Waals surface area contributed by atoms with E-state index in [0.29, 0.717) is 6.04 Å². The molecule has 0 spiro atoms. The molecule has 1 atom stereocenters. The smallest absolute Gasteiger partial charge is 0.270 e. The van der Waals surface area contributed by atoms with E-state index in [1.807, 2.05) is 0 Å². The maximum absolute atomic E-state index is 10.6. The number of non-ortho nitro benzene ring substituents is 1. The van der Waals surface area contributed by atoms with Gasteiger partial charge in [-0.25, -0.2) is 0 Å². The maximum Gasteiger partial charge on any atom is 0.270 e. The van der Waals surface area contributed by atoms with Crippen LogP contribution in [0.1, 0.15) is 19.3 Å². The minimum Gasteiger partial charge on any atom is -0.384 e. The van der Waals surface area contributed by atoms with Crippen molar-refractivity contribution < 1.29 is 4.92 Å². The Morgan fingerprint density at radius 3 is 3.00 bits per heavy atom. The van der Waals surface area contributed by atoms with Gasteiger partial charge in [0.1, 0.15) is 0 Å². The Balaban J connectivity index is 1.87. The molecule has 1 aromatic carbocycles. The first-order valence-corrected chi connectivity index (χ1v) is 6.87. The van der Waals surface area contributed by atoms with Gasteiger partial charge >= 0.3 is 0 Å². The van der Waals surface area contributed by atoms with Crippen molar-refractivity contribution in [1.29, 1.82) is 0 Å². The number of nitro groups is 1. The molecule has 1 fully saturated rings. The topological polar surface area (TPSA) is 67.2 Å². The summed E-state index contributed by atoms with van der Waals surface area (Å²) in [5.41, 5.74) is 1.00. The number of halogens is 1. The summed E-state index contributed by atoms with van der Waals surface area (Å²) < 4.78 is 0.732. The van der Waals surface area contributed by atoms with Gasteiger partial charge in [0.2, 0.25) is 0 Å². The predicted molar refractivity (Wildman–Crippen MR) is 74.9 cm³/mol. The van der Waals surface area contributed by atoms with E-state index < -0.39 is 4.92 Å². The molecule has 1 aliphatic heterocycles. The molecule has 6 heteroatoms. The van der Waals surface area contributed by atoms with Gasteiger partial charge < -0.3 is 10.6 Å². The van der Waals surface area contributed by atoms with E-state index in [1.165, 1.54) is 25.0 Å². The lowest BCUT2D eigenvalue weighted by molar-refractivity contribution is -0.384. The standard InChI is InChI=1S/C12H16BrN3O2/c13-11-8-10(16(17)18)3-4-12(11)15-7-5-9-2-1-6-14-9/h3-4,8-9,14-15H,1-2,5-7H2/t9-/m0/s1. The minimum absolute atomic E-state index is 0.102. The number of hydrogen-bond acceptors (Lipinski definition) is 4. The van der Waals surface area contributed by atoms with Crippen LogP contribution in [-0.4, -0.2) is 24.1 Å². The molecule has 98 valence electrons. The van der Waals surface area contributed by atoms with Crippen LogP contribution < -0.4 is 10.6 Å². The van der Waals surface area contributed by atoms with Crippen LogP contribution in [0.25, 0.3) is 0 Å². The minimum atomic E-state index is -0.392. The van der Waals surface area contributed by atoms with Gasteiger partial charge in [0.05, 0.1) is 4.92 Å². The summed E-state index contributed by atoms with van der Waals surface area (Å²) in [6, 6.07) is 5.38. The quantitative estimate of drug-likeness (QED) is 0.648. The summed E-state index contributed by atoms with van der Waals surface area (Å²) in [5.74, 6) is 0. The van der Waals surface area contributed by atoms with Gasteiger partial charge in [-0.2, -0.15) is 0 Å². The third-order valence-electron chi connectivity index (χ3n) is 3.13. The third-order valence-corrected chi connectivity index (χ3v) is 3.79. The van der Waals surface area contributed by atoms with Crippen molar-refractivity contribution in [2.45, 2.75) is 25.3 Å². The highest BCUT2D eigenvalue weighted by molar-refractivity contribution is 9.10. The van der Waals surface area contributed by atoms with E-state index in [1.54, 1.807) is 6.07 Å². The van der Waals surface area contributed by atoms with Crippen LogP contribution in [0.15, 0.2) is 22.7 Å². The van der Waals surface area contributed by atoms with Crippen molar-refractivity contribution in [3.63, 3.8) is 0 Å². The SMILES string of the molecule is O=[N+]([O-])c1ccc(NCC[C@@H]2CCCN2)c(Br)c1. The lowest BCUT2D eigenvalue weighted by Gasteiger charge is -2.12. The van der Waals surface area contributed by atoms with E-state index in [0.717, 1.165) is 29.7 Å². The fraction of sp³-hybridized carbons (Fsp3) is 0.500. The van der Waals surface area contributed by atoms with Gasteiger partial charge in [0.15, 0.2) is 0 Å². The summed E-state index contributed by atoms with van der Waals surface area (Å²) in [7, 11) is 0. The molecule has 0 aliphatic carbocycles. The average Bonchev–Trinajstić information content (AvgIpc) is 2.84. The Hall–Kier alpha value is -1.14. The summed E-state index contributed by atoms with van der Waals surface area (Å²) in [6.45, 7) is 1.99. The van der Waals surface area contributed by atoms with Crippen molar-refractivity contribution in [3.8, 4) is 0 Å². The van der Waals surface area contributed by atoms with Crippen molar-refractivity contribution in [2.24, 2.45) is 0 Å². The van der Waals surface area contributed by atoms with Crippen LogP contribution in [0, 0.1) is 10.1 Å². The van der Waals surface area contributed by atoms with Crippen LogP contribution in [0.4, 0.5) is 11.4 Å². The van der Waals surface area contributed by atoms with Crippen molar-refractivity contribution in [1.82, 2.24) is 5.32 Å². The zero-order valence-electron chi connectivity index (χ0n) is 9.99. The zero-order valence-corrected chi connectivity index (χ0v) is 11.6. The molecule has 1 aliphatic rings. The van der Waals surface area contributed by atoms with Gasteiger partial charge in [-0.15, -0.1) is 0 Å². The fourth-order valence-electron chi connectivity index (χ4n) is 2.15. The van der Waals surface area contributed by atoms with Crippen molar-refractivity contribution in [2.75, 3.05) is 18.4 Å². The van der Waals surface area contributed by atoms with Gasteiger partial charge in [0.25, 0.3) is 5.69 Å². The molecule has 5 nitrogen and oxygen atoms in total. The normalized spacial score (nSPS) is 18.8. The maximum atomic E-state index is 10.6. The molecule has 1 aromatic rings. The predicted octanol–water partition coefficient (Wildman–Crippen LogP) is 2.91. The van der Waals surface area contributed by atoms with E-state index >= 15 is 0 Å². The Labute approximate surface area is 114 Å². The molecule has 0 amide bonds. The number of hydrogen-bond donors (Lipinski definition) is 2. The second kappa shape index (κ2) is 6.15. The van der Waals surface area contributed by atoms with E-state index in [4.69, 9.17) is 0 Å². The van der Waals surface area contributed by atoms with Crippen LogP contribution in [0.2, 0.25) is 0 Å². The van der Waals surface area contributed by atoms with Crippen molar-refractivity contribution >= 4 is 27.3 Å². The fourth-order valence-corrected chi connectivity index (χ4v) is 2.65. The molecule has 0 aromatic heterocycles. The zero-order chi connectivity index (χ0) is 13.0. The number of nitrogens with one attached hydrogen (secondary N) is 2. The number of nitrogens with zero attached hydrogens (tertiary/aromatic N) is 1. The Bertz CT molecular complexity index is 433. The number of nitro benzene ring substituents is 1. The molecule has 18 heavy (non-hydrogen) atoms. The molecule has 0 radical (unpaired) electrons. The van der Waals surface area contributed by atoms with Crippen LogP contribution in [0.5, 0.6) is 0 Å². The van der Waals surface area contributed by atoms with Gasteiger partial charge in [-0.1, -0.05) is 0 Å². The largest absolute Gasteiger partial charge is 0.384 e. The van der Waals surface area contributed by atoms with Crippen molar-refractivity contribution in [3.05, 3.63) is 32.8 Å². The Morgan fingerprint density at radius 2 is 2.39 bits per heavy atom. The number of rotatable bonds is 5. The van der Waals surface area contributed by atoms with E-state index in [2.05, 4.69) is 26.6 Å². The van der Waals surface area contributed by atoms with Crippen LogP contribution in [-0.2, 0) is 0 Å². The van der Waals surface area contributed by atoms with Crippen LogP contribution >= 0.6 is 15.9 Å².